The Hall–Kier alpha value is -2.49. The largest absolute Gasteiger partial charge is 0.383 e. The number of nitrogens with two attached hydrogens (primary N) is 1. The van der Waals surface area contributed by atoms with Gasteiger partial charge < -0.3 is 10.5 Å². The van der Waals surface area contributed by atoms with Gasteiger partial charge in [0.25, 0.3) is 5.56 Å². The molecule has 0 fully saturated rings. The van der Waals surface area contributed by atoms with Crippen LogP contribution in [0.3, 0.4) is 0 Å². The van der Waals surface area contributed by atoms with Crippen LogP contribution in [-0.4, -0.2) is 32.7 Å². The van der Waals surface area contributed by atoms with Gasteiger partial charge in [-0.15, -0.1) is 11.3 Å². The van der Waals surface area contributed by atoms with Crippen LogP contribution in [0.15, 0.2) is 34.2 Å². The third kappa shape index (κ3) is 4.69. The van der Waals surface area contributed by atoms with Crippen molar-refractivity contribution in [2.24, 2.45) is 0 Å². The lowest BCUT2D eigenvalue weighted by molar-refractivity contribution is 0.140. The van der Waals surface area contributed by atoms with Gasteiger partial charge in [-0.05, 0) is 56.7 Å². The molecule has 1 aliphatic rings. The zero-order valence-electron chi connectivity index (χ0n) is 19.4. The lowest BCUT2D eigenvalue weighted by atomic mass is 10.1. The van der Waals surface area contributed by atoms with Crippen molar-refractivity contribution in [3.05, 3.63) is 50.9 Å². The van der Waals surface area contributed by atoms with Crippen LogP contribution in [0.25, 0.3) is 21.1 Å². The average molecular weight is 496 g/mol. The highest BCUT2D eigenvalue weighted by atomic mass is 32.2. The van der Waals surface area contributed by atoms with Crippen molar-refractivity contribution in [1.82, 2.24) is 19.5 Å². The number of hydrogen-bond donors (Lipinski definition) is 1. The van der Waals surface area contributed by atoms with Gasteiger partial charge in [0.2, 0.25) is 0 Å². The number of para-hydroxylation sites is 1. The van der Waals surface area contributed by atoms with Crippen LogP contribution < -0.4 is 11.3 Å². The predicted molar refractivity (Wildman–Crippen MR) is 140 cm³/mol. The normalized spacial score (nSPS) is 13.9. The fraction of sp³-hybridized carbons (Fsp3) is 0.440. The van der Waals surface area contributed by atoms with Gasteiger partial charge in [0.05, 0.1) is 22.0 Å². The van der Waals surface area contributed by atoms with Crippen LogP contribution in [0.5, 0.6) is 0 Å². The number of nitrogen functional groups attached to an aromatic ring is 1. The highest BCUT2D eigenvalue weighted by Crippen LogP contribution is 2.37. The summed E-state index contributed by atoms with van der Waals surface area (Å²) < 4.78 is 7.22. The number of aryl methyl sites for hydroxylation is 2. The number of ether oxygens (including phenoxy) is 1. The smallest absolute Gasteiger partial charge is 0.262 e. The van der Waals surface area contributed by atoms with E-state index in [1.165, 1.54) is 41.5 Å². The standard InChI is InChI=1S/C25H29N5O2S2/c1-2-32-14-8-13-30-24(31)16-9-6-7-11-18(16)27-25(30)33-15-20-28-22(26)21-17-10-4-3-5-12-19(17)34-23(21)29-20/h6-7,9,11H,2-5,8,10,12-15H2,1H3,(H2,26,28,29). The summed E-state index contributed by atoms with van der Waals surface area (Å²) >= 11 is 3.24. The molecule has 0 spiro atoms. The van der Waals surface area contributed by atoms with Crippen molar-refractivity contribution in [2.75, 3.05) is 18.9 Å². The first kappa shape index (κ1) is 23.3. The van der Waals surface area contributed by atoms with Gasteiger partial charge in [-0.3, -0.25) is 9.36 Å². The molecule has 0 aliphatic heterocycles. The van der Waals surface area contributed by atoms with E-state index in [0.29, 0.717) is 53.2 Å². The number of thioether (sulfide) groups is 1. The predicted octanol–water partition coefficient (Wildman–Crippen LogP) is 4.97. The Morgan fingerprint density at radius 3 is 2.88 bits per heavy atom. The van der Waals surface area contributed by atoms with Crippen LogP contribution in [0.1, 0.15) is 48.9 Å². The van der Waals surface area contributed by atoms with Gasteiger partial charge in [-0.1, -0.05) is 30.3 Å². The minimum Gasteiger partial charge on any atom is -0.383 e. The molecule has 3 aromatic heterocycles. The molecule has 0 saturated carbocycles. The lowest BCUT2D eigenvalue weighted by Gasteiger charge is -2.13. The van der Waals surface area contributed by atoms with E-state index in [1.54, 1.807) is 15.9 Å². The Morgan fingerprint density at radius 2 is 2.00 bits per heavy atom. The Bertz CT molecular complexity index is 1380. The zero-order valence-corrected chi connectivity index (χ0v) is 21.0. The molecule has 0 saturated heterocycles. The van der Waals surface area contributed by atoms with E-state index in [4.69, 9.17) is 20.4 Å². The Labute approximate surface area is 206 Å². The molecular formula is C25H29N5O2S2. The van der Waals surface area contributed by atoms with Gasteiger partial charge >= 0.3 is 0 Å². The summed E-state index contributed by atoms with van der Waals surface area (Å²) in [7, 11) is 0. The molecule has 0 unspecified atom stereocenters. The van der Waals surface area contributed by atoms with Crippen molar-refractivity contribution < 1.29 is 4.74 Å². The number of rotatable bonds is 8. The average Bonchev–Trinajstić information content (AvgIpc) is 3.03. The third-order valence-corrected chi connectivity index (χ3v) is 8.33. The molecule has 9 heteroatoms. The molecule has 178 valence electrons. The molecule has 34 heavy (non-hydrogen) atoms. The van der Waals surface area contributed by atoms with E-state index in [2.05, 4.69) is 4.98 Å². The first-order chi connectivity index (χ1) is 16.7. The van der Waals surface area contributed by atoms with Gasteiger partial charge in [-0.25, -0.2) is 15.0 Å². The summed E-state index contributed by atoms with van der Waals surface area (Å²) in [5.74, 6) is 1.74. The summed E-state index contributed by atoms with van der Waals surface area (Å²) in [6.07, 6.45) is 6.61. The zero-order chi connectivity index (χ0) is 23.5. The molecular weight excluding hydrogens is 466 g/mol. The number of anilines is 1. The van der Waals surface area contributed by atoms with Gasteiger partial charge in [0.15, 0.2) is 5.16 Å². The molecule has 0 radical (unpaired) electrons. The van der Waals surface area contributed by atoms with Crippen molar-refractivity contribution in [3.8, 4) is 0 Å². The monoisotopic (exact) mass is 495 g/mol. The minimum absolute atomic E-state index is 0.0255. The molecule has 4 aromatic rings. The minimum atomic E-state index is -0.0255. The first-order valence-electron chi connectivity index (χ1n) is 11.9. The topological polar surface area (TPSA) is 95.9 Å². The van der Waals surface area contributed by atoms with E-state index in [1.807, 2.05) is 31.2 Å². The molecule has 5 rings (SSSR count). The molecule has 1 aliphatic carbocycles. The number of benzene rings is 1. The molecule has 0 atom stereocenters. The van der Waals surface area contributed by atoms with E-state index < -0.39 is 0 Å². The summed E-state index contributed by atoms with van der Waals surface area (Å²) in [6, 6.07) is 7.49. The number of fused-ring (bicyclic) bond motifs is 4. The second-order valence-electron chi connectivity index (χ2n) is 8.48. The van der Waals surface area contributed by atoms with E-state index >= 15 is 0 Å². The Kier molecular flexibility index (Phi) is 7.12. The number of nitrogens with zero attached hydrogens (tertiary/aromatic N) is 4. The molecule has 3 heterocycles. The maximum atomic E-state index is 13.2. The second kappa shape index (κ2) is 10.4. The fourth-order valence-electron chi connectivity index (χ4n) is 4.53. The molecule has 0 amide bonds. The van der Waals surface area contributed by atoms with Crippen LogP contribution in [0.4, 0.5) is 5.82 Å². The summed E-state index contributed by atoms with van der Waals surface area (Å²) in [5.41, 5.74) is 8.46. The molecule has 0 bridgehead atoms. The van der Waals surface area contributed by atoms with E-state index in [0.717, 1.165) is 29.5 Å². The number of thiophene rings is 1. The Morgan fingerprint density at radius 1 is 1.15 bits per heavy atom. The molecule has 1 aromatic carbocycles. The number of hydrogen-bond acceptors (Lipinski definition) is 8. The third-order valence-electron chi connectivity index (χ3n) is 6.17. The summed E-state index contributed by atoms with van der Waals surface area (Å²) in [5, 5.41) is 2.35. The fourth-order valence-corrected chi connectivity index (χ4v) is 6.69. The maximum Gasteiger partial charge on any atom is 0.262 e. The first-order valence-corrected chi connectivity index (χ1v) is 13.7. The van der Waals surface area contributed by atoms with Crippen molar-refractivity contribution in [2.45, 2.75) is 62.9 Å². The molecule has 2 N–H and O–H groups in total. The Balaban J connectivity index is 1.44. The van der Waals surface area contributed by atoms with Crippen LogP contribution in [-0.2, 0) is 29.9 Å². The van der Waals surface area contributed by atoms with E-state index in [-0.39, 0.29) is 5.56 Å². The van der Waals surface area contributed by atoms with Crippen LogP contribution in [0.2, 0.25) is 0 Å². The summed E-state index contributed by atoms with van der Waals surface area (Å²) in [4.78, 5) is 29.9. The van der Waals surface area contributed by atoms with Gasteiger partial charge in [0.1, 0.15) is 16.5 Å². The van der Waals surface area contributed by atoms with Crippen molar-refractivity contribution in [1.29, 1.82) is 0 Å². The molecule has 7 nitrogen and oxygen atoms in total. The quantitative estimate of drug-likeness (QED) is 0.160. The van der Waals surface area contributed by atoms with Gasteiger partial charge in [-0.2, -0.15) is 0 Å². The van der Waals surface area contributed by atoms with Crippen LogP contribution in [0, 0.1) is 0 Å². The van der Waals surface area contributed by atoms with Crippen LogP contribution >= 0.6 is 23.1 Å². The maximum absolute atomic E-state index is 13.2. The van der Waals surface area contributed by atoms with Crippen molar-refractivity contribution in [3.63, 3.8) is 0 Å². The SMILES string of the molecule is CCOCCCn1c(SCc2nc(N)c3c4c(sc3n2)CCCCC4)nc2ccccc2c1=O. The highest BCUT2D eigenvalue weighted by molar-refractivity contribution is 7.98. The van der Waals surface area contributed by atoms with Gasteiger partial charge in [0, 0.05) is 24.6 Å². The van der Waals surface area contributed by atoms with Crippen molar-refractivity contribution >= 4 is 50.0 Å². The van der Waals surface area contributed by atoms with E-state index in [9.17, 15) is 4.79 Å². The summed E-state index contributed by atoms with van der Waals surface area (Å²) in [6.45, 7) is 3.80. The highest BCUT2D eigenvalue weighted by Gasteiger charge is 2.20. The number of aromatic nitrogens is 4. The second-order valence-corrected chi connectivity index (χ2v) is 10.5. The lowest BCUT2D eigenvalue weighted by Crippen LogP contribution is -2.24.